The lowest BCUT2D eigenvalue weighted by atomic mass is 10.2. The number of thiazole rings is 1. The minimum absolute atomic E-state index is 0.0989. The molecule has 3 aromatic rings. The maximum Gasteiger partial charge on any atom is 0.270 e. The van der Waals surface area contributed by atoms with Crippen molar-refractivity contribution in [1.82, 2.24) is 19.8 Å². The van der Waals surface area contributed by atoms with Crippen LogP contribution in [0.4, 0.5) is 0 Å². The quantitative estimate of drug-likeness (QED) is 0.664. The largest absolute Gasteiger partial charge is 0.379 e. The predicted octanol–water partition coefficient (Wildman–Crippen LogP) is 2.75. The van der Waals surface area contributed by atoms with E-state index in [1.807, 2.05) is 24.6 Å². The van der Waals surface area contributed by atoms with Gasteiger partial charge in [-0.25, -0.2) is 4.98 Å². The summed E-state index contributed by atoms with van der Waals surface area (Å²) in [5.74, 6) is -0.0989. The van der Waals surface area contributed by atoms with Crippen LogP contribution in [0.25, 0.3) is 21.6 Å². The minimum Gasteiger partial charge on any atom is -0.379 e. The molecule has 1 amide bonds. The Morgan fingerprint density at radius 1 is 1.30 bits per heavy atom. The predicted molar refractivity (Wildman–Crippen MR) is 108 cm³/mol. The van der Waals surface area contributed by atoms with Crippen molar-refractivity contribution in [1.29, 1.82) is 0 Å². The van der Waals surface area contributed by atoms with Crippen molar-refractivity contribution in [2.75, 3.05) is 39.4 Å². The smallest absolute Gasteiger partial charge is 0.270 e. The highest BCUT2D eigenvalue weighted by molar-refractivity contribution is 7.13. The molecule has 0 bridgehead atoms. The molecule has 1 saturated heterocycles. The lowest BCUT2D eigenvalue weighted by Gasteiger charge is -2.26. The van der Waals surface area contributed by atoms with Crippen LogP contribution in [0, 0.1) is 0 Å². The molecule has 4 rings (SSSR count). The summed E-state index contributed by atoms with van der Waals surface area (Å²) in [7, 11) is 2.03. The first kappa shape index (κ1) is 18.2. The summed E-state index contributed by atoms with van der Waals surface area (Å²) in [6.45, 7) is 5.23. The van der Waals surface area contributed by atoms with E-state index < -0.39 is 0 Å². The van der Waals surface area contributed by atoms with Crippen molar-refractivity contribution < 1.29 is 9.53 Å². The van der Waals surface area contributed by atoms with Crippen molar-refractivity contribution in [2.45, 2.75) is 6.42 Å². The zero-order valence-electron chi connectivity index (χ0n) is 15.5. The fourth-order valence-electron chi connectivity index (χ4n) is 3.41. The second-order valence-corrected chi connectivity index (χ2v) is 7.61. The van der Waals surface area contributed by atoms with Crippen LogP contribution >= 0.6 is 11.3 Å². The normalized spacial score (nSPS) is 15.3. The molecule has 3 heterocycles. The number of para-hydroxylation sites is 1. The number of ether oxygens (including phenoxy) is 1. The Kier molecular flexibility index (Phi) is 5.52. The molecule has 1 fully saturated rings. The topological polar surface area (TPSA) is 59.4 Å². The molecular weight excluding hydrogens is 360 g/mol. The van der Waals surface area contributed by atoms with Gasteiger partial charge in [0.1, 0.15) is 10.7 Å². The van der Waals surface area contributed by atoms with Crippen LogP contribution in [0.2, 0.25) is 0 Å². The van der Waals surface area contributed by atoms with Gasteiger partial charge in [0.05, 0.1) is 18.9 Å². The Labute approximate surface area is 162 Å². The zero-order valence-corrected chi connectivity index (χ0v) is 16.3. The molecule has 1 aliphatic heterocycles. The van der Waals surface area contributed by atoms with Gasteiger partial charge in [0.25, 0.3) is 5.91 Å². The molecular formula is C20H24N4O2S. The van der Waals surface area contributed by atoms with Crippen molar-refractivity contribution in [3.8, 4) is 10.7 Å². The number of rotatable bonds is 6. The molecule has 1 aromatic carbocycles. The summed E-state index contributed by atoms with van der Waals surface area (Å²) >= 11 is 1.51. The van der Waals surface area contributed by atoms with E-state index in [0.717, 1.165) is 55.5 Å². The van der Waals surface area contributed by atoms with E-state index in [2.05, 4.69) is 38.0 Å². The first-order chi connectivity index (χ1) is 13.2. The molecule has 1 N–H and O–H groups in total. The van der Waals surface area contributed by atoms with Gasteiger partial charge in [0.2, 0.25) is 0 Å². The number of carbonyl (C=O) groups excluding carboxylic acids is 1. The Morgan fingerprint density at radius 2 is 2.11 bits per heavy atom. The Balaban J connectivity index is 1.35. The van der Waals surface area contributed by atoms with Gasteiger partial charge in [0, 0.05) is 43.0 Å². The van der Waals surface area contributed by atoms with E-state index in [1.54, 1.807) is 0 Å². The highest BCUT2D eigenvalue weighted by atomic mass is 32.1. The van der Waals surface area contributed by atoms with Gasteiger partial charge in [-0.15, -0.1) is 11.3 Å². The van der Waals surface area contributed by atoms with Crippen molar-refractivity contribution in [3.05, 3.63) is 41.4 Å². The van der Waals surface area contributed by atoms with E-state index >= 15 is 0 Å². The number of fused-ring (bicyclic) bond motifs is 1. The van der Waals surface area contributed by atoms with Gasteiger partial charge < -0.3 is 14.6 Å². The van der Waals surface area contributed by atoms with Crippen LogP contribution in [-0.4, -0.2) is 59.8 Å². The van der Waals surface area contributed by atoms with Gasteiger partial charge in [-0.05, 0) is 25.1 Å². The van der Waals surface area contributed by atoms with E-state index in [0.29, 0.717) is 12.2 Å². The molecule has 0 atom stereocenters. The van der Waals surface area contributed by atoms with Crippen LogP contribution < -0.4 is 5.32 Å². The zero-order chi connectivity index (χ0) is 18.6. The van der Waals surface area contributed by atoms with Crippen molar-refractivity contribution >= 4 is 28.1 Å². The number of benzene rings is 1. The van der Waals surface area contributed by atoms with E-state index in [9.17, 15) is 4.79 Å². The molecule has 2 aromatic heterocycles. The number of morpholine rings is 1. The minimum atomic E-state index is -0.0989. The second-order valence-electron chi connectivity index (χ2n) is 6.75. The number of nitrogens with one attached hydrogen (secondary N) is 1. The molecule has 0 radical (unpaired) electrons. The highest BCUT2D eigenvalue weighted by Crippen LogP contribution is 2.29. The third-order valence-electron chi connectivity index (χ3n) is 4.95. The fourth-order valence-corrected chi connectivity index (χ4v) is 4.26. The molecule has 142 valence electrons. The number of aromatic nitrogens is 2. The van der Waals surface area contributed by atoms with Crippen LogP contribution in [-0.2, 0) is 11.8 Å². The van der Waals surface area contributed by atoms with E-state index in [4.69, 9.17) is 4.74 Å². The summed E-state index contributed by atoms with van der Waals surface area (Å²) in [5.41, 5.74) is 2.69. The van der Waals surface area contributed by atoms with Gasteiger partial charge in [-0.2, -0.15) is 0 Å². The molecule has 27 heavy (non-hydrogen) atoms. The number of nitrogens with zero attached hydrogens (tertiary/aromatic N) is 3. The molecule has 0 saturated carbocycles. The summed E-state index contributed by atoms with van der Waals surface area (Å²) in [5, 5.41) is 6.87. The van der Waals surface area contributed by atoms with Crippen molar-refractivity contribution in [3.63, 3.8) is 0 Å². The molecule has 0 spiro atoms. The van der Waals surface area contributed by atoms with Crippen molar-refractivity contribution in [2.24, 2.45) is 7.05 Å². The molecule has 7 heteroatoms. The summed E-state index contributed by atoms with van der Waals surface area (Å²) in [4.78, 5) is 19.3. The van der Waals surface area contributed by atoms with Gasteiger partial charge in [-0.3, -0.25) is 9.69 Å². The first-order valence-electron chi connectivity index (χ1n) is 9.31. The van der Waals surface area contributed by atoms with E-state index in [-0.39, 0.29) is 5.91 Å². The van der Waals surface area contributed by atoms with Gasteiger partial charge in [-0.1, -0.05) is 18.2 Å². The maximum atomic E-state index is 12.4. The Morgan fingerprint density at radius 3 is 2.93 bits per heavy atom. The number of aryl methyl sites for hydroxylation is 1. The van der Waals surface area contributed by atoms with Crippen LogP contribution in [0.3, 0.4) is 0 Å². The highest BCUT2D eigenvalue weighted by Gasteiger charge is 2.15. The Hall–Kier alpha value is -2.22. The Bertz CT molecular complexity index is 927. The number of carbonyl (C=O) groups is 1. The molecule has 0 unspecified atom stereocenters. The molecule has 0 aliphatic carbocycles. The number of hydrogen-bond donors (Lipinski definition) is 1. The lowest BCUT2D eigenvalue weighted by molar-refractivity contribution is 0.0374. The monoisotopic (exact) mass is 384 g/mol. The maximum absolute atomic E-state index is 12.4. The van der Waals surface area contributed by atoms with E-state index in [1.165, 1.54) is 16.7 Å². The van der Waals surface area contributed by atoms with Crippen LogP contribution in [0.15, 0.2) is 35.7 Å². The third kappa shape index (κ3) is 4.05. The summed E-state index contributed by atoms with van der Waals surface area (Å²) in [6, 6.07) is 10.4. The second kappa shape index (κ2) is 8.21. The average molecular weight is 385 g/mol. The molecule has 6 nitrogen and oxygen atoms in total. The third-order valence-corrected chi connectivity index (χ3v) is 5.81. The summed E-state index contributed by atoms with van der Waals surface area (Å²) < 4.78 is 7.47. The fraction of sp³-hybridized carbons (Fsp3) is 0.400. The van der Waals surface area contributed by atoms with Gasteiger partial charge >= 0.3 is 0 Å². The SMILES string of the molecule is Cn1c(-c2nc(C(=O)NCCCN3CCOCC3)cs2)cc2ccccc21. The standard InChI is InChI=1S/C20H24N4O2S/c1-23-17-6-3-2-5-15(17)13-18(23)20-22-16(14-27-20)19(25)21-7-4-8-24-9-11-26-12-10-24/h2-3,5-6,13-14H,4,7-12H2,1H3,(H,21,25). The lowest BCUT2D eigenvalue weighted by Crippen LogP contribution is -2.38. The summed E-state index contributed by atoms with van der Waals surface area (Å²) in [6.07, 6.45) is 0.936. The number of amides is 1. The average Bonchev–Trinajstić information content (AvgIpc) is 3.31. The first-order valence-corrected chi connectivity index (χ1v) is 10.2. The molecule has 1 aliphatic rings. The number of hydrogen-bond acceptors (Lipinski definition) is 5. The van der Waals surface area contributed by atoms with Crippen LogP contribution in [0.5, 0.6) is 0 Å². The van der Waals surface area contributed by atoms with Crippen LogP contribution in [0.1, 0.15) is 16.9 Å². The van der Waals surface area contributed by atoms with Gasteiger partial charge in [0.15, 0.2) is 0 Å².